The lowest BCUT2D eigenvalue weighted by molar-refractivity contribution is 0.356. The Hall–Kier alpha value is -1.88. The van der Waals surface area contributed by atoms with Crippen LogP contribution in [0.4, 0.5) is 5.82 Å². The molecule has 0 unspecified atom stereocenters. The van der Waals surface area contributed by atoms with E-state index in [2.05, 4.69) is 5.10 Å². The fraction of sp³-hybridized carbons (Fsp3) is 0.308. The number of nitrogens with zero attached hydrogens (tertiary/aromatic N) is 2. The third-order valence-corrected chi connectivity index (χ3v) is 3.33. The van der Waals surface area contributed by atoms with E-state index in [-0.39, 0.29) is 0 Å². The number of hydrogen-bond acceptors (Lipinski definition) is 4. The molecule has 0 spiro atoms. The maximum Gasteiger partial charge on any atom is 0.180 e. The number of methoxy groups -OCH3 is 2. The Balaban J connectivity index is 2.79. The predicted molar refractivity (Wildman–Crippen MR) is 75.9 cm³/mol. The molecular formula is C13H16ClN3O2. The van der Waals surface area contributed by atoms with Gasteiger partial charge in [-0.15, -0.1) is 0 Å². The van der Waals surface area contributed by atoms with Gasteiger partial charge < -0.3 is 15.2 Å². The molecule has 102 valence electrons. The summed E-state index contributed by atoms with van der Waals surface area (Å²) in [5.74, 6) is 1.62. The molecule has 2 rings (SSSR count). The van der Waals surface area contributed by atoms with Crippen molar-refractivity contribution in [1.82, 2.24) is 9.78 Å². The van der Waals surface area contributed by atoms with Crippen LogP contribution in [-0.4, -0.2) is 24.0 Å². The number of nitrogen functional groups attached to an aromatic ring is 1. The van der Waals surface area contributed by atoms with E-state index in [4.69, 9.17) is 26.8 Å². The van der Waals surface area contributed by atoms with Crippen LogP contribution in [0.25, 0.3) is 11.1 Å². The lowest BCUT2D eigenvalue weighted by Crippen LogP contribution is -2.00. The van der Waals surface area contributed by atoms with Crippen molar-refractivity contribution in [1.29, 1.82) is 0 Å². The molecule has 0 aliphatic heterocycles. The van der Waals surface area contributed by atoms with Gasteiger partial charge in [-0.25, -0.2) is 0 Å². The van der Waals surface area contributed by atoms with Gasteiger partial charge in [-0.3, -0.25) is 4.68 Å². The normalized spacial score (nSPS) is 10.6. The van der Waals surface area contributed by atoms with Gasteiger partial charge in [0, 0.05) is 18.2 Å². The van der Waals surface area contributed by atoms with Crippen LogP contribution in [0.1, 0.15) is 5.56 Å². The van der Waals surface area contributed by atoms with Crippen molar-refractivity contribution in [3.63, 3.8) is 0 Å². The molecule has 19 heavy (non-hydrogen) atoms. The van der Waals surface area contributed by atoms with E-state index in [1.165, 1.54) is 0 Å². The molecule has 1 aromatic heterocycles. The molecule has 0 atom stereocenters. The Labute approximate surface area is 116 Å². The van der Waals surface area contributed by atoms with Crippen LogP contribution in [0.5, 0.6) is 11.5 Å². The summed E-state index contributed by atoms with van der Waals surface area (Å²) in [4.78, 5) is 0. The molecule has 0 radical (unpaired) electrons. The Bertz CT molecular complexity index is 623. The van der Waals surface area contributed by atoms with Gasteiger partial charge in [-0.1, -0.05) is 11.6 Å². The number of benzene rings is 1. The average Bonchev–Trinajstić information content (AvgIpc) is 2.69. The maximum absolute atomic E-state index is 6.16. The highest BCUT2D eigenvalue weighted by atomic mass is 35.5. The molecule has 2 aromatic rings. The first kappa shape index (κ1) is 13.5. The summed E-state index contributed by atoms with van der Waals surface area (Å²) in [6.07, 6.45) is 1.70. The fourth-order valence-corrected chi connectivity index (χ4v) is 2.41. The third kappa shape index (κ3) is 2.10. The Kier molecular flexibility index (Phi) is 3.57. The molecule has 0 bridgehead atoms. The molecule has 0 aliphatic rings. The lowest BCUT2D eigenvalue weighted by atomic mass is 10.0. The van der Waals surface area contributed by atoms with Crippen LogP contribution in [0, 0.1) is 6.92 Å². The van der Waals surface area contributed by atoms with E-state index in [0.717, 1.165) is 16.7 Å². The van der Waals surface area contributed by atoms with E-state index >= 15 is 0 Å². The summed E-state index contributed by atoms with van der Waals surface area (Å²) in [7, 11) is 4.91. The zero-order valence-electron chi connectivity index (χ0n) is 11.3. The first-order valence-corrected chi connectivity index (χ1v) is 6.08. The third-order valence-electron chi connectivity index (χ3n) is 3.05. The van der Waals surface area contributed by atoms with Crippen molar-refractivity contribution in [3.05, 3.63) is 22.8 Å². The highest BCUT2D eigenvalue weighted by molar-refractivity contribution is 6.32. The number of nitrogens with two attached hydrogens (primary N) is 1. The summed E-state index contributed by atoms with van der Waals surface area (Å²) < 4.78 is 12.4. The van der Waals surface area contributed by atoms with Crippen LogP contribution >= 0.6 is 11.6 Å². The minimum atomic E-state index is 0.494. The summed E-state index contributed by atoms with van der Waals surface area (Å²) in [5.41, 5.74) is 8.61. The second kappa shape index (κ2) is 5.01. The van der Waals surface area contributed by atoms with E-state index in [1.807, 2.05) is 13.0 Å². The molecule has 0 saturated heterocycles. The van der Waals surface area contributed by atoms with Crippen LogP contribution in [0.15, 0.2) is 12.3 Å². The van der Waals surface area contributed by atoms with Gasteiger partial charge in [0.25, 0.3) is 0 Å². The monoisotopic (exact) mass is 281 g/mol. The van der Waals surface area contributed by atoms with Crippen molar-refractivity contribution in [2.24, 2.45) is 7.05 Å². The minimum Gasteiger partial charge on any atom is -0.492 e. The van der Waals surface area contributed by atoms with Gasteiger partial charge in [-0.2, -0.15) is 5.10 Å². The number of anilines is 1. The standard InChI is InChI=1S/C13H16ClN3O2/c1-7-5-9(14)11(18-3)12(19-4)10(7)8-6-16-17(2)13(8)15/h5-6H,15H2,1-4H3. The second-order valence-electron chi connectivity index (χ2n) is 4.18. The van der Waals surface area contributed by atoms with Gasteiger partial charge >= 0.3 is 0 Å². The number of hydrogen-bond donors (Lipinski definition) is 1. The number of ether oxygens (including phenoxy) is 2. The van der Waals surface area contributed by atoms with E-state index in [1.54, 1.807) is 32.1 Å². The van der Waals surface area contributed by atoms with Crippen LogP contribution in [0.2, 0.25) is 5.02 Å². The van der Waals surface area contributed by atoms with E-state index in [0.29, 0.717) is 22.3 Å². The highest BCUT2D eigenvalue weighted by Crippen LogP contribution is 2.46. The van der Waals surface area contributed by atoms with Gasteiger partial charge in [-0.05, 0) is 18.6 Å². The van der Waals surface area contributed by atoms with Gasteiger partial charge in [0.2, 0.25) is 0 Å². The Morgan fingerprint density at radius 1 is 1.26 bits per heavy atom. The minimum absolute atomic E-state index is 0.494. The lowest BCUT2D eigenvalue weighted by Gasteiger charge is -2.16. The zero-order valence-corrected chi connectivity index (χ0v) is 12.1. The molecule has 1 heterocycles. The second-order valence-corrected chi connectivity index (χ2v) is 4.59. The Morgan fingerprint density at radius 3 is 2.37 bits per heavy atom. The summed E-state index contributed by atoms with van der Waals surface area (Å²) in [5, 5.41) is 4.65. The molecule has 2 N–H and O–H groups in total. The molecule has 0 saturated carbocycles. The summed E-state index contributed by atoms with van der Waals surface area (Å²) in [6.45, 7) is 1.94. The number of aromatic nitrogens is 2. The van der Waals surface area contributed by atoms with Gasteiger partial charge in [0.15, 0.2) is 11.5 Å². The number of halogens is 1. The first-order chi connectivity index (χ1) is 9.01. The average molecular weight is 282 g/mol. The van der Waals surface area contributed by atoms with Crippen molar-refractivity contribution < 1.29 is 9.47 Å². The number of rotatable bonds is 3. The topological polar surface area (TPSA) is 62.3 Å². The molecule has 0 aliphatic carbocycles. The summed E-state index contributed by atoms with van der Waals surface area (Å²) >= 11 is 6.16. The van der Waals surface area contributed by atoms with Crippen LogP contribution < -0.4 is 15.2 Å². The van der Waals surface area contributed by atoms with Gasteiger partial charge in [0.1, 0.15) is 5.82 Å². The Morgan fingerprint density at radius 2 is 1.89 bits per heavy atom. The van der Waals surface area contributed by atoms with Crippen molar-refractivity contribution in [2.75, 3.05) is 20.0 Å². The van der Waals surface area contributed by atoms with Crippen molar-refractivity contribution >= 4 is 17.4 Å². The molecule has 6 heteroatoms. The highest BCUT2D eigenvalue weighted by Gasteiger charge is 2.21. The van der Waals surface area contributed by atoms with Crippen LogP contribution in [0.3, 0.4) is 0 Å². The molecule has 0 amide bonds. The quantitative estimate of drug-likeness (QED) is 0.939. The SMILES string of the molecule is COc1c(Cl)cc(C)c(-c2cnn(C)c2N)c1OC. The predicted octanol–water partition coefficient (Wildman–Crippen LogP) is 2.65. The maximum atomic E-state index is 6.16. The molecule has 5 nitrogen and oxygen atoms in total. The first-order valence-electron chi connectivity index (χ1n) is 5.70. The summed E-state index contributed by atoms with van der Waals surface area (Å²) in [6, 6.07) is 1.82. The smallest absolute Gasteiger partial charge is 0.180 e. The van der Waals surface area contributed by atoms with Crippen molar-refractivity contribution in [2.45, 2.75) is 6.92 Å². The zero-order chi connectivity index (χ0) is 14.2. The molecule has 0 fully saturated rings. The van der Waals surface area contributed by atoms with Gasteiger partial charge in [0.05, 0.1) is 25.4 Å². The molecule has 1 aromatic carbocycles. The van der Waals surface area contributed by atoms with E-state index in [9.17, 15) is 0 Å². The van der Waals surface area contributed by atoms with Crippen LogP contribution in [-0.2, 0) is 7.05 Å². The fourth-order valence-electron chi connectivity index (χ4n) is 2.09. The van der Waals surface area contributed by atoms with E-state index < -0.39 is 0 Å². The molecular weight excluding hydrogens is 266 g/mol. The number of aryl methyl sites for hydroxylation is 2. The van der Waals surface area contributed by atoms with Crippen molar-refractivity contribution in [3.8, 4) is 22.6 Å². The largest absolute Gasteiger partial charge is 0.492 e.